The van der Waals surface area contributed by atoms with Gasteiger partial charge in [-0.15, -0.1) is 0 Å². The van der Waals surface area contributed by atoms with Crippen LogP contribution in [0.25, 0.3) is 0 Å². The highest BCUT2D eigenvalue weighted by molar-refractivity contribution is 8.14. The lowest BCUT2D eigenvalue weighted by Crippen LogP contribution is -2.36. The molecule has 1 heterocycles. The molecule has 4 N–H and O–H groups in total. The molecule has 0 saturated heterocycles. The zero-order valence-corrected chi connectivity index (χ0v) is 12.0. The van der Waals surface area contributed by atoms with Gasteiger partial charge in [-0.05, 0) is 24.0 Å². The lowest BCUT2D eigenvalue weighted by atomic mass is 9.73. The Bertz CT molecular complexity index is 492. The third kappa shape index (κ3) is 2.28. The standard InChI is InChI=1S/C15H21N3S/c16-9-11-4-3-5-12(8-11)15(6-1-2-7-15)13-10-19-14(17)18-13/h3-5,8,13H,1-2,6-7,9-10,16H2,(H2,17,18). The number of thioether (sulfide) groups is 1. The first kappa shape index (κ1) is 13.0. The second-order valence-corrected chi connectivity index (χ2v) is 6.60. The molecule has 1 aromatic carbocycles. The fourth-order valence-corrected chi connectivity index (χ4v) is 4.43. The Morgan fingerprint density at radius 1 is 1.32 bits per heavy atom. The minimum Gasteiger partial charge on any atom is -0.379 e. The SMILES string of the molecule is NCc1cccc(C2(C3CSC(N)=N3)CCCC2)c1. The molecule has 1 aliphatic carbocycles. The average molecular weight is 275 g/mol. The predicted octanol–water partition coefficient (Wildman–Crippen LogP) is 2.39. The van der Waals surface area contributed by atoms with Crippen molar-refractivity contribution in [2.45, 2.75) is 43.7 Å². The van der Waals surface area contributed by atoms with E-state index in [0.717, 1.165) is 10.9 Å². The molecule has 1 atom stereocenters. The van der Waals surface area contributed by atoms with E-state index in [1.54, 1.807) is 11.8 Å². The number of hydrogen-bond donors (Lipinski definition) is 2. The highest BCUT2D eigenvalue weighted by Crippen LogP contribution is 2.47. The summed E-state index contributed by atoms with van der Waals surface area (Å²) < 4.78 is 0. The zero-order valence-electron chi connectivity index (χ0n) is 11.1. The Balaban J connectivity index is 2.00. The summed E-state index contributed by atoms with van der Waals surface area (Å²) in [6.45, 7) is 0.606. The summed E-state index contributed by atoms with van der Waals surface area (Å²) >= 11 is 1.70. The number of aliphatic imine (C=N–C) groups is 1. The Morgan fingerprint density at radius 2 is 2.11 bits per heavy atom. The number of nitrogens with zero attached hydrogens (tertiary/aromatic N) is 1. The minimum atomic E-state index is 0.194. The summed E-state index contributed by atoms with van der Waals surface area (Å²) in [6.07, 6.45) is 5.04. The van der Waals surface area contributed by atoms with Crippen molar-refractivity contribution < 1.29 is 0 Å². The van der Waals surface area contributed by atoms with Crippen LogP contribution in [0, 0.1) is 0 Å². The third-order valence-electron chi connectivity index (χ3n) is 4.54. The fraction of sp³-hybridized carbons (Fsp3) is 0.533. The van der Waals surface area contributed by atoms with Gasteiger partial charge in [0.2, 0.25) is 0 Å². The first-order valence-corrected chi connectivity index (χ1v) is 7.99. The van der Waals surface area contributed by atoms with Crippen LogP contribution < -0.4 is 11.5 Å². The molecule has 4 heteroatoms. The molecule has 1 unspecified atom stereocenters. The molecule has 1 saturated carbocycles. The van der Waals surface area contributed by atoms with Gasteiger partial charge in [0, 0.05) is 17.7 Å². The van der Waals surface area contributed by atoms with E-state index >= 15 is 0 Å². The van der Waals surface area contributed by atoms with Crippen LogP contribution in [-0.4, -0.2) is 17.0 Å². The molecule has 3 rings (SSSR count). The molecule has 0 radical (unpaired) electrons. The van der Waals surface area contributed by atoms with E-state index in [1.165, 1.54) is 36.8 Å². The van der Waals surface area contributed by atoms with Gasteiger partial charge in [-0.25, -0.2) is 0 Å². The average Bonchev–Trinajstić information content (AvgIpc) is 3.08. The summed E-state index contributed by atoms with van der Waals surface area (Å²) in [6, 6.07) is 9.10. The summed E-state index contributed by atoms with van der Waals surface area (Å²) in [5, 5.41) is 0.756. The summed E-state index contributed by atoms with van der Waals surface area (Å²) in [4.78, 5) is 4.70. The lowest BCUT2D eigenvalue weighted by molar-refractivity contribution is 0.377. The zero-order chi connectivity index (χ0) is 13.3. The van der Waals surface area contributed by atoms with E-state index in [-0.39, 0.29) is 5.41 Å². The van der Waals surface area contributed by atoms with Gasteiger partial charge in [0.1, 0.15) is 0 Å². The molecule has 3 nitrogen and oxygen atoms in total. The normalized spacial score (nSPS) is 25.5. The Labute approximate surface area is 118 Å². The monoisotopic (exact) mass is 275 g/mol. The summed E-state index contributed by atoms with van der Waals surface area (Å²) in [5.41, 5.74) is 14.5. The molecule has 0 bridgehead atoms. The van der Waals surface area contributed by atoms with Gasteiger partial charge in [0.05, 0.1) is 6.04 Å². The Morgan fingerprint density at radius 3 is 2.74 bits per heavy atom. The Hall–Kier alpha value is -1.00. The van der Waals surface area contributed by atoms with Crippen LogP contribution >= 0.6 is 11.8 Å². The molecule has 1 fully saturated rings. The topological polar surface area (TPSA) is 64.4 Å². The lowest BCUT2D eigenvalue weighted by Gasteiger charge is -2.34. The van der Waals surface area contributed by atoms with Crippen LogP contribution in [0.2, 0.25) is 0 Å². The largest absolute Gasteiger partial charge is 0.379 e. The van der Waals surface area contributed by atoms with Crippen LogP contribution in [0.4, 0.5) is 0 Å². The van der Waals surface area contributed by atoms with E-state index in [2.05, 4.69) is 24.3 Å². The second kappa shape index (κ2) is 5.17. The van der Waals surface area contributed by atoms with Crippen LogP contribution in [-0.2, 0) is 12.0 Å². The first-order valence-electron chi connectivity index (χ1n) is 7.00. The minimum absolute atomic E-state index is 0.194. The van der Waals surface area contributed by atoms with Gasteiger partial charge in [-0.1, -0.05) is 48.9 Å². The van der Waals surface area contributed by atoms with Crippen molar-refractivity contribution in [3.8, 4) is 0 Å². The van der Waals surface area contributed by atoms with Crippen molar-refractivity contribution in [3.05, 3.63) is 35.4 Å². The molecule has 19 heavy (non-hydrogen) atoms. The van der Waals surface area contributed by atoms with E-state index in [0.29, 0.717) is 12.6 Å². The molecular weight excluding hydrogens is 254 g/mol. The van der Waals surface area contributed by atoms with E-state index in [1.807, 2.05) is 0 Å². The van der Waals surface area contributed by atoms with Crippen molar-refractivity contribution in [1.29, 1.82) is 0 Å². The number of rotatable bonds is 3. The van der Waals surface area contributed by atoms with Gasteiger partial charge in [-0.2, -0.15) is 0 Å². The van der Waals surface area contributed by atoms with Gasteiger partial charge < -0.3 is 11.5 Å². The van der Waals surface area contributed by atoms with Gasteiger partial charge in [0.25, 0.3) is 0 Å². The van der Waals surface area contributed by atoms with Crippen LogP contribution in [0.5, 0.6) is 0 Å². The smallest absolute Gasteiger partial charge is 0.154 e. The second-order valence-electron chi connectivity index (χ2n) is 5.56. The maximum Gasteiger partial charge on any atom is 0.154 e. The maximum atomic E-state index is 5.88. The predicted molar refractivity (Wildman–Crippen MR) is 82.3 cm³/mol. The number of hydrogen-bond acceptors (Lipinski definition) is 4. The quantitative estimate of drug-likeness (QED) is 0.890. The van der Waals surface area contributed by atoms with E-state index in [9.17, 15) is 0 Å². The molecule has 0 amide bonds. The van der Waals surface area contributed by atoms with Gasteiger partial charge >= 0.3 is 0 Å². The first-order chi connectivity index (χ1) is 9.24. The van der Waals surface area contributed by atoms with Crippen molar-refractivity contribution >= 4 is 16.9 Å². The van der Waals surface area contributed by atoms with Crippen LogP contribution in [0.3, 0.4) is 0 Å². The number of nitrogens with two attached hydrogens (primary N) is 2. The summed E-state index contributed by atoms with van der Waals surface area (Å²) in [7, 11) is 0. The highest BCUT2D eigenvalue weighted by Gasteiger charge is 2.44. The number of amidine groups is 1. The number of benzene rings is 1. The highest BCUT2D eigenvalue weighted by atomic mass is 32.2. The van der Waals surface area contributed by atoms with Gasteiger partial charge in [0.15, 0.2) is 5.17 Å². The van der Waals surface area contributed by atoms with Crippen molar-refractivity contribution in [2.75, 3.05) is 5.75 Å². The van der Waals surface area contributed by atoms with Crippen LogP contribution in [0.15, 0.2) is 29.3 Å². The van der Waals surface area contributed by atoms with Crippen LogP contribution in [0.1, 0.15) is 36.8 Å². The van der Waals surface area contributed by atoms with Crippen molar-refractivity contribution in [3.63, 3.8) is 0 Å². The molecule has 0 aromatic heterocycles. The molecule has 1 aliphatic heterocycles. The van der Waals surface area contributed by atoms with Gasteiger partial charge in [-0.3, -0.25) is 4.99 Å². The molecule has 0 spiro atoms. The van der Waals surface area contributed by atoms with E-state index < -0.39 is 0 Å². The Kier molecular flexibility index (Phi) is 3.54. The molecule has 1 aromatic rings. The van der Waals surface area contributed by atoms with Crippen molar-refractivity contribution in [2.24, 2.45) is 16.5 Å². The molecule has 102 valence electrons. The van der Waals surface area contributed by atoms with E-state index in [4.69, 9.17) is 16.5 Å². The third-order valence-corrected chi connectivity index (χ3v) is 5.43. The molecular formula is C15H21N3S. The fourth-order valence-electron chi connectivity index (χ4n) is 3.50. The maximum absolute atomic E-state index is 5.88. The molecule has 2 aliphatic rings. The summed E-state index contributed by atoms with van der Waals surface area (Å²) in [5.74, 6) is 1.03. The van der Waals surface area contributed by atoms with Crippen molar-refractivity contribution in [1.82, 2.24) is 0 Å².